The number of benzene rings is 1. The molecule has 4 nitrogen and oxygen atoms in total. The van der Waals surface area contributed by atoms with E-state index >= 15 is 0 Å². The predicted molar refractivity (Wildman–Crippen MR) is 81.5 cm³/mol. The second-order valence-corrected chi connectivity index (χ2v) is 7.83. The molecule has 2 unspecified atom stereocenters. The van der Waals surface area contributed by atoms with Crippen LogP contribution in [0.15, 0.2) is 23.1 Å². The predicted octanol–water partition coefficient (Wildman–Crippen LogP) is 2.29. The third-order valence-corrected chi connectivity index (χ3v) is 6.44. The molecule has 2 heterocycles. The molecule has 2 atom stereocenters. The lowest BCUT2D eigenvalue weighted by Crippen LogP contribution is -2.48. The minimum Gasteiger partial charge on any atom is -0.311 e. The van der Waals surface area contributed by atoms with Gasteiger partial charge in [-0.3, -0.25) is 0 Å². The highest BCUT2D eigenvalue weighted by molar-refractivity contribution is 7.89. The first-order valence-corrected chi connectivity index (χ1v) is 8.51. The molecule has 8 heteroatoms. The van der Waals surface area contributed by atoms with Crippen molar-refractivity contribution in [2.75, 3.05) is 7.05 Å². The quantitative estimate of drug-likeness (QED) is 0.908. The molecule has 1 aromatic rings. The van der Waals surface area contributed by atoms with E-state index in [1.165, 1.54) is 11.4 Å². The van der Waals surface area contributed by atoms with E-state index in [2.05, 4.69) is 5.32 Å². The van der Waals surface area contributed by atoms with Crippen LogP contribution in [0.5, 0.6) is 0 Å². The van der Waals surface area contributed by atoms with Gasteiger partial charge in [-0.05, 0) is 43.9 Å². The molecule has 0 aromatic heterocycles. The number of hydrogen-bond donors (Lipinski definition) is 1. The van der Waals surface area contributed by atoms with Crippen molar-refractivity contribution in [3.8, 4) is 0 Å². The Balaban J connectivity index is 0.00000176. The Morgan fingerprint density at radius 1 is 1.18 bits per heavy atom. The summed E-state index contributed by atoms with van der Waals surface area (Å²) in [5.74, 6) is -1.67. The largest absolute Gasteiger partial charge is 0.311 e. The van der Waals surface area contributed by atoms with Gasteiger partial charge in [-0.25, -0.2) is 17.2 Å². The lowest BCUT2D eigenvalue weighted by Gasteiger charge is -2.34. The molecule has 2 aliphatic heterocycles. The number of hydrogen-bond acceptors (Lipinski definition) is 3. The van der Waals surface area contributed by atoms with E-state index in [4.69, 9.17) is 0 Å². The van der Waals surface area contributed by atoms with Gasteiger partial charge in [0, 0.05) is 25.2 Å². The lowest BCUT2D eigenvalue weighted by atomic mass is 10.0. The molecule has 1 N–H and O–H groups in total. The molecule has 124 valence electrons. The van der Waals surface area contributed by atoms with Crippen molar-refractivity contribution in [1.82, 2.24) is 9.62 Å². The normalized spacial score (nSPS) is 27.7. The maximum Gasteiger partial charge on any atom is 0.246 e. The highest BCUT2D eigenvalue weighted by atomic mass is 35.5. The molecule has 0 radical (unpaired) electrons. The molecule has 0 aliphatic carbocycles. The summed E-state index contributed by atoms with van der Waals surface area (Å²) < 4.78 is 53.3. The highest BCUT2D eigenvalue weighted by Gasteiger charge is 2.39. The average molecular weight is 353 g/mol. The van der Waals surface area contributed by atoms with E-state index in [-0.39, 0.29) is 18.4 Å². The molecule has 1 aromatic carbocycles. The fourth-order valence-corrected chi connectivity index (χ4v) is 4.80. The Bertz CT molecular complexity index is 644. The highest BCUT2D eigenvalue weighted by Crippen LogP contribution is 2.32. The van der Waals surface area contributed by atoms with Crippen molar-refractivity contribution in [3.05, 3.63) is 29.8 Å². The number of sulfonamides is 1. The van der Waals surface area contributed by atoms with Gasteiger partial charge in [-0.1, -0.05) is 0 Å². The molecule has 3 rings (SSSR count). The summed E-state index contributed by atoms with van der Waals surface area (Å²) in [5.41, 5.74) is 0. The van der Waals surface area contributed by atoms with Crippen LogP contribution in [0.1, 0.15) is 25.7 Å². The van der Waals surface area contributed by atoms with Gasteiger partial charge in [0.2, 0.25) is 10.0 Å². The fourth-order valence-electron chi connectivity index (χ4n) is 3.35. The first kappa shape index (κ1) is 17.6. The molecule has 0 saturated carbocycles. The average Bonchev–Trinajstić information content (AvgIpc) is 2.79. The molecule has 22 heavy (non-hydrogen) atoms. The summed E-state index contributed by atoms with van der Waals surface area (Å²) in [4.78, 5) is -0.587. The summed E-state index contributed by atoms with van der Waals surface area (Å²) in [6.07, 6.45) is 3.51. The molecular weight excluding hydrogens is 334 g/mol. The Labute approximate surface area is 135 Å². The Hall–Kier alpha value is -0.760. The fraction of sp³-hybridized carbons (Fsp3) is 0.571. The summed E-state index contributed by atoms with van der Waals surface area (Å²) in [6.45, 7) is 0. The van der Waals surface area contributed by atoms with Gasteiger partial charge in [-0.15, -0.1) is 12.4 Å². The van der Waals surface area contributed by atoms with E-state index in [9.17, 15) is 17.2 Å². The smallest absolute Gasteiger partial charge is 0.246 e. The maximum atomic E-state index is 13.8. The van der Waals surface area contributed by atoms with Gasteiger partial charge >= 0.3 is 0 Å². The summed E-state index contributed by atoms with van der Waals surface area (Å²) >= 11 is 0. The van der Waals surface area contributed by atoms with Crippen molar-refractivity contribution in [2.24, 2.45) is 0 Å². The standard InChI is InChI=1S/C14H18F2N2O2S.ClH/c1-18(12-7-10-3-4-11(8-12)17-10)21(19,20)14-6-9(15)2-5-13(14)16;/h2,5-6,10-12,17H,3-4,7-8H2,1H3;1H. The van der Waals surface area contributed by atoms with Crippen molar-refractivity contribution < 1.29 is 17.2 Å². The van der Waals surface area contributed by atoms with E-state index in [0.717, 1.165) is 31.0 Å². The van der Waals surface area contributed by atoms with Crippen molar-refractivity contribution in [2.45, 2.75) is 48.7 Å². The van der Waals surface area contributed by atoms with Gasteiger partial charge in [0.1, 0.15) is 16.5 Å². The van der Waals surface area contributed by atoms with Gasteiger partial charge in [0.25, 0.3) is 0 Å². The molecule has 2 fully saturated rings. The zero-order valence-corrected chi connectivity index (χ0v) is 13.8. The second-order valence-electron chi connectivity index (χ2n) is 5.86. The van der Waals surface area contributed by atoms with E-state index in [0.29, 0.717) is 24.9 Å². The van der Waals surface area contributed by atoms with Crippen molar-refractivity contribution in [3.63, 3.8) is 0 Å². The van der Waals surface area contributed by atoms with Crippen LogP contribution in [0.25, 0.3) is 0 Å². The van der Waals surface area contributed by atoms with Crippen LogP contribution < -0.4 is 5.32 Å². The number of piperidine rings is 1. The van der Waals surface area contributed by atoms with Crippen molar-refractivity contribution >= 4 is 22.4 Å². The molecule has 2 aliphatic rings. The van der Waals surface area contributed by atoms with Crippen LogP contribution in [0, 0.1) is 11.6 Å². The van der Waals surface area contributed by atoms with E-state index in [1.807, 2.05) is 0 Å². The zero-order chi connectivity index (χ0) is 15.2. The second kappa shape index (κ2) is 6.39. The van der Waals surface area contributed by atoms with E-state index in [1.54, 1.807) is 0 Å². The third-order valence-electron chi connectivity index (χ3n) is 4.51. The lowest BCUT2D eigenvalue weighted by molar-refractivity contribution is 0.251. The minimum absolute atomic E-state index is 0. The number of fused-ring (bicyclic) bond motifs is 2. The summed E-state index contributed by atoms with van der Waals surface area (Å²) in [5, 5.41) is 3.43. The molecule has 0 amide bonds. The van der Waals surface area contributed by atoms with Crippen LogP contribution in [0.3, 0.4) is 0 Å². The Morgan fingerprint density at radius 2 is 1.77 bits per heavy atom. The van der Waals surface area contributed by atoms with Crippen LogP contribution >= 0.6 is 12.4 Å². The SMILES string of the molecule is CN(C1CC2CCC(C1)N2)S(=O)(=O)c1cc(F)ccc1F.Cl. The summed E-state index contributed by atoms with van der Waals surface area (Å²) in [7, 11) is -2.57. The molecule has 0 spiro atoms. The Morgan fingerprint density at radius 3 is 2.36 bits per heavy atom. The monoisotopic (exact) mass is 352 g/mol. The number of rotatable bonds is 3. The van der Waals surface area contributed by atoms with Crippen molar-refractivity contribution in [1.29, 1.82) is 0 Å². The Kier molecular flexibility index (Phi) is 5.11. The molecular formula is C14H19ClF2N2O2S. The third kappa shape index (κ3) is 3.13. The summed E-state index contributed by atoms with van der Waals surface area (Å²) in [6, 6.07) is 2.99. The van der Waals surface area contributed by atoms with E-state index < -0.39 is 26.6 Å². The molecule has 2 saturated heterocycles. The van der Waals surface area contributed by atoms with Gasteiger partial charge < -0.3 is 5.32 Å². The van der Waals surface area contributed by atoms with Crippen LogP contribution in [0.4, 0.5) is 8.78 Å². The van der Waals surface area contributed by atoms with Gasteiger partial charge in [-0.2, -0.15) is 4.31 Å². The van der Waals surface area contributed by atoms with Gasteiger partial charge in [0.15, 0.2) is 0 Å². The topological polar surface area (TPSA) is 49.4 Å². The van der Waals surface area contributed by atoms with Crippen LogP contribution in [0.2, 0.25) is 0 Å². The zero-order valence-electron chi connectivity index (χ0n) is 12.1. The minimum atomic E-state index is -4.02. The maximum absolute atomic E-state index is 13.8. The van der Waals surface area contributed by atoms with Gasteiger partial charge in [0.05, 0.1) is 0 Å². The van der Waals surface area contributed by atoms with Crippen LogP contribution in [-0.4, -0.2) is 37.9 Å². The molecule has 2 bridgehead atoms. The van der Waals surface area contributed by atoms with Crippen LogP contribution in [-0.2, 0) is 10.0 Å². The number of nitrogens with one attached hydrogen (secondary N) is 1. The first-order chi connectivity index (χ1) is 9.88. The number of halogens is 3. The number of nitrogens with zero attached hydrogens (tertiary/aromatic N) is 1. The first-order valence-electron chi connectivity index (χ1n) is 7.07.